The average Bonchev–Trinajstić information content (AvgIpc) is 3.27. The maximum atomic E-state index is 12.7. The minimum absolute atomic E-state index is 0.00733. The van der Waals surface area contributed by atoms with Crippen molar-refractivity contribution in [1.82, 2.24) is 5.32 Å². The predicted molar refractivity (Wildman–Crippen MR) is 108 cm³/mol. The molecule has 4 rings (SSSR count). The number of nitrogens with zero attached hydrogens (tertiary/aromatic N) is 2. The first-order chi connectivity index (χ1) is 13.5. The molecule has 1 aromatic heterocycles. The number of carbonyl (C=O) groups excluding carboxylic acids is 1. The maximum Gasteiger partial charge on any atom is 0.281 e. The molecular formula is C20H13N3O4S. The Morgan fingerprint density at radius 1 is 1.04 bits per heavy atom. The number of hydrogen-bond donors (Lipinski definition) is 1. The lowest BCUT2D eigenvalue weighted by Gasteiger charge is -2.13. The Balaban J connectivity index is 1.58. The van der Waals surface area contributed by atoms with Gasteiger partial charge in [0.1, 0.15) is 17.2 Å². The number of para-hydroxylation sites is 1. The SMILES string of the molecule is O=C1/C(=C/c2ccc(-c3ccc([N+](=O)[O-])cc3)o2)NC(=S)N1c1ccccc1. The van der Waals surface area contributed by atoms with E-state index in [1.165, 1.54) is 17.0 Å². The number of hydrogen-bond acceptors (Lipinski definition) is 5. The number of nitrogens with one attached hydrogen (secondary N) is 1. The number of rotatable bonds is 4. The highest BCUT2D eigenvalue weighted by molar-refractivity contribution is 7.80. The molecule has 2 aromatic carbocycles. The Bertz CT molecular complexity index is 1100. The molecule has 0 unspecified atom stereocenters. The lowest BCUT2D eigenvalue weighted by molar-refractivity contribution is -0.384. The molecule has 0 saturated carbocycles. The van der Waals surface area contributed by atoms with E-state index in [2.05, 4.69) is 5.32 Å². The molecule has 3 aromatic rings. The Hall–Kier alpha value is -3.78. The Kier molecular flexibility index (Phi) is 4.46. The maximum absolute atomic E-state index is 12.7. The van der Waals surface area contributed by atoms with E-state index in [0.29, 0.717) is 33.6 Å². The molecule has 1 N–H and O–H groups in total. The van der Waals surface area contributed by atoms with Gasteiger partial charge in [-0.1, -0.05) is 18.2 Å². The van der Waals surface area contributed by atoms with Crippen LogP contribution in [-0.4, -0.2) is 15.9 Å². The van der Waals surface area contributed by atoms with Crippen LogP contribution in [0.15, 0.2) is 76.8 Å². The monoisotopic (exact) mass is 391 g/mol. The van der Waals surface area contributed by atoms with Crippen molar-refractivity contribution >= 4 is 40.7 Å². The first-order valence-corrected chi connectivity index (χ1v) is 8.70. The molecule has 7 nitrogen and oxygen atoms in total. The largest absolute Gasteiger partial charge is 0.457 e. The van der Waals surface area contributed by atoms with Crippen LogP contribution in [0.3, 0.4) is 0 Å². The van der Waals surface area contributed by atoms with E-state index in [4.69, 9.17) is 16.6 Å². The number of anilines is 1. The van der Waals surface area contributed by atoms with E-state index < -0.39 is 4.92 Å². The molecule has 1 saturated heterocycles. The first-order valence-electron chi connectivity index (χ1n) is 8.30. The lowest BCUT2D eigenvalue weighted by atomic mass is 10.1. The summed E-state index contributed by atoms with van der Waals surface area (Å²) in [7, 11) is 0. The zero-order valence-corrected chi connectivity index (χ0v) is 15.2. The van der Waals surface area contributed by atoms with Crippen molar-refractivity contribution in [2.75, 3.05) is 4.90 Å². The second-order valence-electron chi connectivity index (χ2n) is 5.97. The summed E-state index contributed by atoms with van der Waals surface area (Å²) < 4.78 is 5.76. The van der Waals surface area contributed by atoms with Crippen molar-refractivity contribution < 1.29 is 14.1 Å². The molecule has 1 aliphatic heterocycles. The second kappa shape index (κ2) is 7.09. The topological polar surface area (TPSA) is 88.6 Å². The van der Waals surface area contributed by atoms with Crippen LogP contribution in [-0.2, 0) is 4.79 Å². The van der Waals surface area contributed by atoms with Crippen molar-refractivity contribution in [1.29, 1.82) is 0 Å². The van der Waals surface area contributed by atoms with Crippen LogP contribution < -0.4 is 10.2 Å². The molecule has 28 heavy (non-hydrogen) atoms. The van der Waals surface area contributed by atoms with Gasteiger partial charge in [-0.05, 0) is 48.6 Å². The summed E-state index contributed by atoms with van der Waals surface area (Å²) in [5, 5.41) is 14.0. The van der Waals surface area contributed by atoms with Gasteiger partial charge in [-0.3, -0.25) is 19.8 Å². The number of amides is 1. The van der Waals surface area contributed by atoms with Gasteiger partial charge in [-0.25, -0.2) is 0 Å². The van der Waals surface area contributed by atoms with E-state index in [9.17, 15) is 14.9 Å². The molecule has 2 heterocycles. The van der Waals surface area contributed by atoms with Gasteiger partial charge in [0.05, 0.1) is 10.6 Å². The summed E-state index contributed by atoms with van der Waals surface area (Å²) in [5.74, 6) is 0.723. The average molecular weight is 391 g/mol. The standard InChI is InChI=1S/C20H13N3O4S/c24-19-17(21-20(28)22(19)14-4-2-1-3-5-14)12-16-10-11-18(27-16)13-6-8-15(9-7-13)23(25)26/h1-12H,(H,21,28)/b17-12-. The smallest absolute Gasteiger partial charge is 0.281 e. The normalized spacial score (nSPS) is 15.1. The summed E-state index contributed by atoms with van der Waals surface area (Å²) in [6.07, 6.45) is 1.58. The van der Waals surface area contributed by atoms with E-state index in [1.54, 1.807) is 42.5 Å². The molecule has 1 fully saturated rings. The van der Waals surface area contributed by atoms with Crippen LogP contribution in [0, 0.1) is 10.1 Å². The van der Waals surface area contributed by atoms with Crippen molar-refractivity contribution in [2.45, 2.75) is 0 Å². The third kappa shape index (κ3) is 3.28. The molecule has 0 bridgehead atoms. The third-order valence-corrected chi connectivity index (χ3v) is 4.45. The second-order valence-corrected chi connectivity index (χ2v) is 6.36. The molecule has 138 valence electrons. The highest BCUT2D eigenvalue weighted by Gasteiger charge is 2.32. The zero-order valence-electron chi connectivity index (χ0n) is 14.4. The van der Waals surface area contributed by atoms with Crippen molar-refractivity contribution in [3.8, 4) is 11.3 Å². The van der Waals surface area contributed by atoms with E-state index >= 15 is 0 Å². The number of benzene rings is 2. The van der Waals surface area contributed by atoms with Crippen LogP contribution in [0.5, 0.6) is 0 Å². The van der Waals surface area contributed by atoms with Gasteiger partial charge in [-0.15, -0.1) is 0 Å². The Labute approximate surface area is 165 Å². The fourth-order valence-electron chi connectivity index (χ4n) is 2.82. The molecule has 8 heteroatoms. The highest BCUT2D eigenvalue weighted by Crippen LogP contribution is 2.27. The molecule has 0 aliphatic carbocycles. The van der Waals surface area contributed by atoms with Gasteiger partial charge in [-0.2, -0.15) is 0 Å². The summed E-state index contributed by atoms with van der Waals surface area (Å²) in [5.41, 5.74) is 1.69. The van der Waals surface area contributed by atoms with Crippen LogP contribution in [0.1, 0.15) is 5.76 Å². The number of thiocarbonyl (C=S) groups is 1. The number of non-ortho nitro benzene ring substituents is 1. The van der Waals surface area contributed by atoms with Crippen LogP contribution in [0.2, 0.25) is 0 Å². The van der Waals surface area contributed by atoms with Crippen molar-refractivity contribution in [2.24, 2.45) is 0 Å². The van der Waals surface area contributed by atoms with Gasteiger partial charge in [0.15, 0.2) is 5.11 Å². The van der Waals surface area contributed by atoms with E-state index in [-0.39, 0.29) is 11.6 Å². The highest BCUT2D eigenvalue weighted by atomic mass is 32.1. The van der Waals surface area contributed by atoms with Gasteiger partial charge >= 0.3 is 0 Å². The summed E-state index contributed by atoms with van der Waals surface area (Å²) in [6, 6.07) is 18.6. The third-order valence-electron chi connectivity index (χ3n) is 4.17. The summed E-state index contributed by atoms with van der Waals surface area (Å²) in [6.45, 7) is 0. The first kappa shape index (κ1) is 17.6. The fraction of sp³-hybridized carbons (Fsp3) is 0. The molecule has 0 radical (unpaired) electrons. The van der Waals surface area contributed by atoms with Crippen molar-refractivity contribution in [3.05, 3.63) is 88.3 Å². The number of carbonyl (C=O) groups is 1. The molecule has 1 amide bonds. The van der Waals surface area contributed by atoms with Crippen LogP contribution in [0.25, 0.3) is 17.4 Å². The molecule has 0 atom stereocenters. The van der Waals surface area contributed by atoms with Gasteiger partial charge in [0, 0.05) is 23.8 Å². The summed E-state index contributed by atoms with van der Waals surface area (Å²) in [4.78, 5) is 24.4. The minimum Gasteiger partial charge on any atom is -0.457 e. The van der Waals surface area contributed by atoms with E-state index in [1.807, 2.05) is 18.2 Å². The predicted octanol–water partition coefficient (Wildman–Crippen LogP) is 4.12. The molecule has 0 spiro atoms. The zero-order chi connectivity index (χ0) is 19.7. The van der Waals surface area contributed by atoms with Gasteiger partial charge in [0.25, 0.3) is 11.6 Å². The van der Waals surface area contributed by atoms with E-state index in [0.717, 1.165) is 0 Å². The molecular weight excluding hydrogens is 378 g/mol. The minimum atomic E-state index is -0.458. The Morgan fingerprint density at radius 2 is 1.75 bits per heavy atom. The quantitative estimate of drug-likeness (QED) is 0.312. The lowest BCUT2D eigenvalue weighted by Crippen LogP contribution is -2.30. The Morgan fingerprint density at radius 3 is 2.43 bits per heavy atom. The number of nitro groups is 1. The number of nitro benzene ring substituents is 1. The van der Waals surface area contributed by atoms with Crippen molar-refractivity contribution in [3.63, 3.8) is 0 Å². The number of furan rings is 1. The van der Waals surface area contributed by atoms with Gasteiger partial charge < -0.3 is 9.73 Å². The summed E-state index contributed by atoms with van der Waals surface area (Å²) >= 11 is 5.28. The van der Waals surface area contributed by atoms with Gasteiger partial charge in [0.2, 0.25) is 0 Å². The molecule has 1 aliphatic rings. The fourth-order valence-corrected chi connectivity index (χ4v) is 3.12. The van der Waals surface area contributed by atoms with Crippen LogP contribution >= 0.6 is 12.2 Å². The van der Waals surface area contributed by atoms with Crippen LogP contribution in [0.4, 0.5) is 11.4 Å².